The van der Waals surface area contributed by atoms with Crippen molar-refractivity contribution in [2.24, 2.45) is 5.41 Å². The van der Waals surface area contributed by atoms with Crippen LogP contribution in [0, 0.1) is 11.2 Å². The number of benzene rings is 2. The highest BCUT2D eigenvalue weighted by Crippen LogP contribution is 2.38. The Morgan fingerprint density at radius 2 is 1.85 bits per heavy atom. The number of hydrogen-bond acceptors (Lipinski definition) is 3. The summed E-state index contributed by atoms with van der Waals surface area (Å²) in [6.45, 7) is 6.83. The van der Waals surface area contributed by atoms with Gasteiger partial charge in [0, 0.05) is 40.0 Å². The van der Waals surface area contributed by atoms with Crippen molar-refractivity contribution in [1.29, 1.82) is 0 Å². The normalized spacial score (nSPS) is 15.0. The molecule has 0 radical (unpaired) electrons. The van der Waals surface area contributed by atoms with E-state index in [1.807, 2.05) is 42.5 Å². The van der Waals surface area contributed by atoms with Crippen LogP contribution >= 0.6 is 23.2 Å². The lowest BCUT2D eigenvalue weighted by atomic mass is 9.96. The number of anilines is 1. The number of halogens is 3. The Morgan fingerprint density at radius 1 is 1.12 bits per heavy atom. The SMILES string of the molecule is CC(C)(C)CNC(=O)c1ccc(-c2cnc3c(c2)C=CC(c2c(Cl)ccc(F)c2Cl)N3)cc1. The van der Waals surface area contributed by atoms with E-state index in [0.717, 1.165) is 16.7 Å². The van der Waals surface area contributed by atoms with Gasteiger partial charge in [0.15, 0.2) is 0 Å². The molecule has 170 valence electrons. The van der Waals surface area contributed by atoms with Crippen LogP contribution in [0.1, 0.15) is 48.3 Å². The van der Waals surface area contributed by atoms with Crippen LogP contribution in [0.3, 0.4) is 0 Å². The van der Waals surface area contributed by atoms with E-state index in [1.54, 1.807) is 6.20 Å². The summed E-state index contributed by atoms with van der Waals surface area (Å²) in [6, 6.07) is 11.8. The van der Waals surface area contributed by atoms with Crippen LogP contribution in [0.25, 0.3) is 17.2 Å². The third-order valence-corrected chi connectivity index (χ3v) is 6.04. The highest BCUT2D eigenvalue weighted by Gasteiger charge is 2.22. The topological polar surface area (TPSA) is 54.0 Å². The summed E-state index contributed by atoms with van der Waals surface area (Å²) >= 11 is 12.4. The lowest BCUT2D eigenvalue weighted by molar-refractivity contribution is 0.0939. The van der Waals surface area contributed by atoms with Gasteiger partial charge >= 0.3 is 0 Å². The molecule has 0 fully saturated rings. The van der Waals surface area contributed by atoms with Gasteiger partial charge in [-0.2, -0.15) is 0 Å². The van der Waals surface area contributed by atoms with Crippen LogP contribution in [0.2, 0.25) is 10.0 Å². The number of nitrogens with one attached hydrogen (secondary N) is 2. The Morgan fingerprint density at radius 3 is 2.55 bits per heavy atom. The fraction of sp³-hybridized carbons (Fsp3) is 0.231. The minimum atomic E-state index is -0.518. The first-order chi connectivity index (χ1) is 15.6. The number of rotatable bonds is 4. The first-order valence-corrected chi connectivity index (χ1v) is 11.3. The molecular formula is C26H24Cl2FN3O. The maximum Gasteiger partial charge on any atom is 0.251 e. The molecule has 2 aromatic carbocycles. The zero-order valence-corrected chi connectivity index (χ0v) is 20.1. The summed E-state index contributed by atoms with van der Waals surface area (Å²) < 4.78 is 13.9. The van der Waals surface area contributed by atoms with Crippen molar-refractivity contribution in [3.05, 3.63) is 87.3 Å². The summed E-state index contributed by atoms with van der Waals surface area (Å²) in [5.41, 5.74) is 3.87. The average molecular weight is 484 g/mol. The number of nitrogens with zero attached hydrogens (tertiary/aromatic N) is 1. The molecule has 4 nitrogen and oxygen atoms in total. The first-order valence-electron chi connectivity index (χ1n) is 10.6. The zero-order chi connectivity index (χ0) is 23.8. The predicted octanol–water partition coefficient (Wildman–Crippen LogP) is 7.15. The molecule has 1 aliphatic rings. The molecule has 2 heterocycles. The molecule has 1 atom stereocenters. The smallest absolute Gasteiger partial charge is 0.251 e. The van der Waals surface area contributed by atoms with Crippen molar-refractivity contribution in [2.45, 2.75) is 26.8 Å². The number of carbonyl (C=O) groups excluding carboxylic acids is 1. The molecule has 1 amide bonds. The van der Waals surface area contributed by atoms with Gasteiger partial charge in [0.05, 0.1) is 11.1 Å². The third-order valence-electron chi connectivity index (χ3n) is 5.33. The molecule has 4 rings (SSSR count). The van der Waals surface area contributed by atoms with Crippen molar-refractivity contribution < 1.29 is 9.18 Å². The number of hydrogen-bond donors (Lipinski definition) is 2. The molecule has 1 aliphatic heterocycles. The first kappa shape index (κ1) is 23.3. The highest BCUT2D eigenvalue weighted by atomic mass is 35.5. The van der Waals surface area contributed by atoms with Gasteiger partial charge in [-0.15, -0.1) is 0 Å². The quantitative estimate of drug-likeness (QED) is 0.387. The van der Waals surface area contributed by atoms with Crippen molar-refractivity contribution in [2.75, 3.05) is 11.9 Å². The molecule has 7 heteroatoms. The van der Waals surface area contributed by atoms with E-state index < -0.39 is 11.9 Å². The summed E-state index contributed by atoms with van der Waals surface area (Å²) in [5, 5.41) is 6.60. The van der Waals surface area contributed by atoms with Gasteiger partial charge in [0.1, 0.15) is 11.6 Å². The Balaban J connectivity index is 1.52. The molecule has 2 N–H and O–H groups in total. The van der Waals surface area contributed by atoms with Gasteiger partial charge in [0.2, 0.25) is 0 Å². The number of pyridine rings is 1. The van der Waals surface area contributed by atoms with Crippen LogP contribution in [0.5, 0.6) is 0 Å². The van der Waals surface area contributed by atoms with Gasteiger partial charge in [-0.3, -0.25) is 4.79 Å². The van der Waals surface area contributed by atoms with E-state index in [0.29, 0.717) is 28.5 Å². The predicted molar refractivity (Wildman–Crippen MR) is 133 cm³/mol. The van der Waals surface area contributed by atoms with Crippen molar-refractivity contribution in [3.63, 3.8) is 0 Å². The Kier molecular flexibility index (Phi) is 6.46. The molecule has 0 bridgehead atoms. The number of carbonyl (C=O) groups is 1. The van der Waals surface area contributed by atoms with E-state index in [4.69, 9.17) is 23.2 Å². The van der Waals surface area contributed by atoms with E-state index >= 15 is 0 Å². The van der Waals surface area contributed by atoms with Crippen LogP contribution in [0.15, 0.2) is 54.7 Å². The fourth-order valence-electron chi connectivity index (χ4n) is 3.54. The molecule has 0 spiro atoms. The van der Waals surface area contributed by atoms with Gasteiger partial charge in [-0.05, 0) is 41.3 Å². The van der Waals surface area contributed by atoms with Crippen LogP contribution < -0.4 is 10.6 Å². The average Bonchev–Trinajstić information content (AvgIpc) is 2.79. The van der Waals surface area contributed by atoms with Crippen LogP contribution in [-0.2, 0) is 0 Å². The maximum absolute atomic E-state index is 13.9. The Hall–Kier alpha value is -2.89. The third kappa shape index (κ3) is 5.21. The molecule has 1 aromatic heterocycles. The summed E-state index contributed by atoms with van der Waals surface area (Å²) in [6.07, 6.45) is 5.55. The largest absolute Gasteiger partial charge is 0.359 e. The molecule has 0 saturated carbocycles. The van der Waals surface area contributed by atoms with E-state index in [9.17, 15) is 9.18 Å². The Bertz CT molecular complexity index is 1230. The second-order valence-electron chi connectivity index (χ2n) is 9.22. The van der Waals surface area contributed by atoms with Gasteiger partial charge < -0.3 is 10.6 Å². The minimum absolute atomic E-state index is 0.00338. The van der Waals surface area contributed by atoms with Crippen molar-refractivity contribution >= 4 is 41.0 Å². The highest BCUT2D eigenvalue weighted by molar-refractivity contribution is 6.36. The van der Waals surface area contributed by atoms with E-state index in [-0.39, 0.29) is 16.3 Å². The fourth-order valence-corrected chi connectivity index (χ4v) is 4.15. The lowest BCUT2D eigenvalue weighted by Gasteiger charge is -2.24. The zero-order valence-electron chi connectivity index (χ0n) is 18.5. The number of aromatic nitrogens is 1. The molecule has 0 saturated heterocycles. The summed E-state index contributed by atoms with van der Waals surface area (Å²) in [5.74, 6) is 0.0459. The monoisotopic (exact) mass is 483 g/mol. The molecule has 33 heavy (non-hydrogen) atoms. The lowest BCUT2D eigenvalue weighted by Crippen LogP contribution is -2.32. The maximum atomic E-state index is 13.9. The van der Waals surface area contributed by atoms with Crippen LogP contribution in [-0.4, -0.2) is 17.4 Å². The van der Waals surface area contributed by atoms with Gasteiger partial charge in [-0.1, -0.05) is 68.3 Å². The molecular weight excluding hydrogens is 460 g/mol. The standard InChI is InChI=1S/C26H24Cl2FN3O/c1-26(2,3)14-31-25(33)16-6-4-15(5-7-16)18-12-17-8-11-21(32-24(17)30-13-18)22-19(27)9-10-20(29)23(22)28/h4-13,21H,14H2,1-3H3,(H,30,32)(H,31,33). The van der Waals surface area contributed by atoms with Crippen molar-refractivity contribution in [3.8, 4) is 11.1 Å². The number of amides is 1. The second kappa shape index (κ2) is 9.16. The molecule has 1 unspecified atom stereocenters. The van der Waals surface area contributed by atoms with Gasteiger partial charge in [-0.25, -0.2) is 9.37 Å². The minimum Gasteiger partial charge on any atom is -0.359 e. The Labute approximate surface area is 202 Å². The summed E-state index contributed by atoms with van der Waals surface area (Å²) in [7, 11) is 0. The molecule has 0 aliphatic carbocycles. The number of fused-ring (bicyclic) bond motifs is 1. The van der Waals surface area contributed by atoms with E-state index in [2.05, 4.69) is 36.4 Å². The van der Waals surface area contributed by atoms with Crippen LogP contribution in [0.4, 0.5) is 10.2 Å². The summed E-state index contributed by atoms with van der Waals surface area (Å²) in [4.78, 5) is 16.9. The molecule has 3 aromatic rings. The second-order valence-corrected chi connectivity index (χ2v) is 10.0. The van der Waals surface area contributed by atoms with E-state index in [1.165, 1.54) is 12.1 Å². The van der Waals surface area contributed by atoms with Gasteiger partial charge in [0.25, 0.3) is 5.91 Å². The van der Waals surface area contributed by atoms with Crippen molar-refractivity contribution in [1.82, 2.24) is 10.3 Å².